The molecule has 0 heterocycles. The van der Waals surface area contributed by atoms with Gasteiger partial charge in [0.1, 0.15) is 0 Å². The Morgan fingerprint density at radius 3 is 1.55 bits per heavy atom. The maximum Gasteiger partial charge on any atom is 0 e. The van der Waals surface area contributed by atoms with E-state index in [0.29, 0.717) is 10.7 Å². The number of rotatable bonds is 7. The SMILES string of the molecule is C#CCN(C(CCC)C(=C)C(F)(F)F)S(=O)(=O)c1ccc(C)cc1.[C-]#[O+].[C-]#[O+].[C-]#[O+].[C-]#[O+].[C-]#[O+].[C-]#[O+].[Co].[Co]. The summed E-state index contributed by atoms with van der Waals surface area (Å²) in [6.07, 6.45) is 0.834. The standard InChI is InChI=1S/C17H20F3NO2S.6CO.2Co/c1-5-7-16(14(4)17(18,19)20)21(12-6-2)24(22,23)15-10-8-13(3)9-11-15;6*1-2;;/h2,8-11,16H,4-5,7,12H2,1,3H3;;;;;;;;. The van der Waals surface area contributed by atoms with Crippen LogP contribution in [0.15, 0.2) is 41.3 Å². The van der Waals surface area contributed by atoms with Crippen LogP contribution >= 0.6 is 0 Å². The number of nitrogens with zero attached hydrogens (tertiary/aromatic N) is 1. The Hall–Kier alpha value is -2.33. The molecule has 0 spiro atoms. The number of hydrogen-bond donors (Lipinski definition) is 0. The van der Waals surface area contributed by atoms with Crippen molar-refractivity contribution in [2.75, 3.05) is 6.54 Å². The summed E-state index contributed by atoms with van der Waals surface area (Å²) in [4.78, 5) is -0.0978. The number of sulfonamides is 1. The third-order valence-corrected chi connectivity index (χ3v) is 5.42. The van der Waals surface area contributed by atoms with Gasteiger partial charge < -0.3 is 0 Å². The van der Waals surface area contributed by atoms with Gasteiger partial charge in [-0.25, -0.2) is 8.42 Å². The van der Waals surface area contributed by atoms with Crippen molar-refractivity contribution >= 4 is 10.0 Å². The minimum Gasteiger partial charge on any atom is 0 e. The maximum atomic E-state index is 13.1. The molecule has 0 fully saturated rings. The molecule has 1 aromatic carbocycles. The van der Waals surface area contributed by atoms with Crippen LogP contribution in [0.25, 0.3) is 0 Å². The molecule has 0 aliphatic carbocycles. The van der Waals surface area contributed by atoms with Crippen LogP contribution in [0.1, 0.15) is 25.3 Å². The second kappa shape index (κ2) is 36.8. The second-order valence-electron chi connectivity index (χ2n) is 5.39. The molecule has 210 valence electrons. The van der Waals surface area contributed by atoms with Crippen molar-refractivity contribution in [3.8, 4) is 12.3 Å². The maximum absolute atomic E-state index is 13.1. The van der Waals surface area contributed by atoms with E-state index in [4.69, 9.17) is 34.3 Å². The van der Waals surface area contributed by atoms with E-state index in [1.54, 1.807) is 26.0 Å². The van der Waals surface area contributed by atoms with E-state index >= 15 is 0 Å². The predicted octanol–water partition coefficient (Wildman–Crippen LogP) is 3.68. The normalized spacial score (nSPS) is 8.87. The largest absolute Gasteiger partial charge is 0 e. The summed E-state index contributed by atoms with van der Waals surface area (Å²) in [6, 6.07) is 4.43. The topological polar surface area (TPSA) is 157 Å². The van der Waals surface area contributed by atoms with Gasteiger partial charge in [0.15, 0.2) is 0 Å². The number of terminal acetylenes is 1. The Balaban J connectivity index is -0.0000000940. The molecular formula is C23H20Co2F3NO8S. The first-order valence-corrected chi connectivity index (χ1v) is 10.00. The summed E-state index contributed by atoms with van der Waals surface area (Å²) < 4.78 is 111. The van der Waals surface area contributed by atoms with Crippen LogP contribution in [0.3, 0.4) is 0 Å². The van der Waals surface area contributed by atoms with Gasteiger partial charge in [-0.15, -0.1) is 6.42 Å². The average Bonchev–Trinajstić information content (AvgIpc) is 2.92. The third kappa shape index (κ3) is 22.8. The van der Waals surface area contributed by atoms with Crippen LogP contribution in [0.4, 0.5) is 13.2 Å². The molecule has 0 aromatic heterocycles. The monoisotopic (exact) mass is 645 g/mol. The molecule has 9 nitrogen and oxygen atoms in total. The first-order valence-electron chi connectivity index (χ1n) is 8.56. The molecule has 2 radical (unpaired) electrons. The van der Waals surface area contributed by atoms with Crippen LogP contribution in [0, 0.1) is 59.2 Å². The molecule has 0 saturated carbocycles. The Morgan fingerprint density at radius 1 is 0.947 bits per heavy atom. The quantitative estimate of drug-likeness (QED) is 0.192. The summed E-state index contributed by atoms with van der Waals surface area (Å²) in [7, 11) is -4.18. The van der Waals surface area contributed by atoms with Gasteiger partial charge in [0, 0.05) is 39.1 Å². The van der Waals surface area contributed by atoms with Crippen molar-refractivity contribution in [3.63, 3.8) is 0 Å². The fraction of sp³-hybridized carbons (Fsp3) is 0.304. The number of aryl methyl sites for hydroxylation is 1. The first-order chi connectivity index (χ1) is 17.1. The van der Waals surface area contributed by atoms with Gasteiger partial charge in [-0.1, -0.05) is 43.5 Å². The van der Waals surface area contributed by atoms with Gasteiger partial charge >= 0.3 is 74.0 Å². The third-order valence-electron chi connectivity index (χ3n) is 3.55. The molecule has 0 saturated heterocycles. The molecule has 38 heavy (non-hydrogen) atoms. The summed E-state index contributed by atoms with van der Waals surface area (Å²) in [6.45, 7) is 33.1. The average molecular weight is 645 g/mol. The van der Waals surface area contributed by atoms with E-state index in [-0.39, 0.29) is 44.9 Å². The van der Waals surface area contributed by atoms with Crippen molar-refractivity contribution in [2.45, 2.75) is 43.8 Å². The van der Waals surface area contributed by atoms with E-state index in [1.807, 2.05) is 0 Å². The van der Waals surface area contributed by atoms with E-state index in [9.17, 15) is 21.6 Å². The molecule has 1 atom stereocenters. The molecule has 1 unspecified atom stereocenters. The van der Waals surface area contributed by atoms with Crippen LogP contribution in [0.2, 0.25) is 0 Å². The molecule has 15 heteroatoms. The van der Waals surface area contributed by atoms with Gasteiger partial charge in [0.25, 0.3) is 0 Å². The van der Waals surface area contributed by atoms with E-state index in [1.165, 1.54) is 12.1 Å². The molecule has 0 N–H and O–H groups in total. The van der Waals surface area contributed by atoms with Crippen LogP contribution in [-0.4, -0.2) is 31.5 Å². The fourth-order valence-corrected chi connectivity index (χ4v) is 3.82. The molecule has 0 amide bonds. The summed E-state index contributed by atoms with van der Waals surface area (Å²) in [5.41, 5.74) is -0.280. The Kier molecular flexibility index (Phi) is 54.3. The van der Waals surface area contributed by atoms with Crippen molar-refractivity contribution in [1.29, 1.82) is 0 Å². The van der Waals surface area contributed by atoms with Crippen LogP contribution < -0.4 is 0 Å². The Labute approximate surface area is 241 Å². The summed E-state index contributed by atoms with van der Waals surface area (Å²) in [5, 5.41) is 0. The number of alkyl halides is 3. The first kappa shape index (κ1) is 56.0. The van der Waals surface area contributed by atoms with Crippen molar-refractivity contribution in [3.05, 3.63) is 81.9 Å². The molecule has 1 rings (SSSR count). The Morgan fingerprint density at radius 2 is 1.29 bits per heavy atom. The van der Waals surface area contributed by atoms with Gasteiger partial charge in [-0.05, 0) is 25.5 Å². The zero-order valence-electron chi connectivity index (χ0n) is 19.7. The Bertz CT molecular complexity index is 946. The molecule has 0 aliphatic rings. The molecule has 0 aliphatic heterocycles. The molecule has 0 bridgehead atoms. The van der Waals surface area contributed by atoms with Crippen LogP contribution in [0.5, 0.6) is 0 Å². The zero-order valence-corrected chi connectivity index (χ0v) is 22.6. The zero-order chi connectivity index (χ0) is 30.5. The van der Waals surface area contributed by atoms with Gasteiger partial charge in [-0.3, -0.25) is 0 Å². The second-order valence-corrected chi connectivity index (χ2v) is 7.29. The van der Waals surface area contributed by atoms with E-state index in [0.717, 1.165) is 5.56 Å². The molecule has 1 aromatic rings. The summed E-state index contributed by atoms with van der Waals surface area (Å²) in [5.74, 6) is 2.14. The smallest absolute Gasteiger partial charge is 0 e. The summed E-state index contributed by atoms with van der Waals surface area (Å²) >= 11 is 0. The molecular weight excluding hydrogens is 625 g/mol. The van der Waals surface area contributed by atoms with Crippen molar-refractivity contribution in [2.24, 2.45) is 0 Å². The van der Waals surface area contributed by atoms with E-state index < -0.39 is 34.4 Å². The number of halogens is 3. The van der Waals surface area contributed by atoms with E-state index in [2.05, 4.69) is 52.4 Å². The minimum atomic E-state index is -4.70. The number of hydrogen-bond acceptors (Lipinski definition) is 2. The van der Waals surface area contributed by atoms with Crippen LogP contribution in [-0.2, 0) is 71.5 Å². The number of benzene rings is 1. The van der Waals surface area contributed by atoms with Gasteiger partial charge in [0.05, 0.1) is 17.5 Å². The van der Waals surface area contributed by atoms with Crippen molar-refractivity contribution in [1.82, 2.24) is 4.31 Å². The van der Waals surface area contributed by atoms with Gasteiger partial charge in [0.2, 0.25) is 10.0 Å². The minimum absolute atomic E-state index is 0. The fourth-order valence-electron chi connectivity index (χ4n) is 2.25. The predicted molar refractivity (Wildman–Crippen MR) is 111 cm³/mol. The van der Waals surface area contributed by atoms with Gasteiger partial charge in [-0.2, -0.15) is 17.5 Å². The van der Waals surface area contributed by atoms with Crippen molar-refractivity contribution < 1.29 is 83.1 Å².